The number of ketones is 1. The number of rotatable bonds is 2. The fourth-order valence-electron chi connectivity index (χ4n) is 3.08. The highest BCUT2D eigenvalue weighted by atomic mass is 16.4. The Morgan fingerprint density at radius 3 is 2.44 bits per heavy atom. The van der Waals surface area contributed by atoms with Crippen LogP contribution >= 0.6 is 0 Å². The molecule has 2 aromatic carbocycles. The van der Waals surface area contributed by atoms with E-state index in [0.717, 1.165) is 10.9 Å². The van der Waals surface area contributed by atoms with Gasteiger partial charge in [0.25, 0.3) is 11.8 Å². The van der Waals surface area contributed by atoms with Crippen LogP contribution in [-0.2, 0) is 0 Å². The number of aliphatic hydroxyl groups excluding tert-OH is 1. The molecule has 6 heteroatoms. The van der Waals surface area contributed by atoms with Crippen molar-refractivity contribution in [3.8, 4) is 11.6 Å². The smallest absolute Gasteiger partial charge is 0.264 e. The average molecular weight is 329 g/mol. The molecule has 0 bridgehead atoms. The summed E-state index contributed by atoms with van der Waals surface area (Å²) in [5.41, 5.74) is 2.55. The summed E-state index contributed by atoms with van der Waals surface area (Å²) in [5, 5.41) is 19.4. The number of benzene rings is 2. The molecular weight excluding hydrogens is 318 g/mol. The van der Waals surface area contributed by atoms with E-state index in [-0.39, 0.29) is 28.9 Å². The summed E-state index contributed by atoms with van der Waals surface area (Å²) in [6, 6.07) is 16.5. The lowest BCUT2D eigenvalue weighted by Gasteiger charge is -1.95. The molecule has 0 saturated carbocycles. The van der Waals surface area contributed by atoms with Gasteiger partial charge in [0.05, 0.1) is 0 Å². The Labute approximate surface area is 141 Å². The number of para-hydroxylation sites is 1. The van der Waals surface area contributed by atoms with Gasteiger partial charge >= 0.3 is 0 Å². The first-order valence-electron chi connectivity index (χ1n) is 7.72. The topological polar surface area (TPSA) is 92.0 Å². The van der Waals surface area contributed by atoms with E-state index in [1.165, 1.54) is 0 Å². The largest absolute Gasteiger partial charge is 0.506 e. The van der Waals surface area contributed by atoms with Crippen molar-refractivity contribution in [3.05, 3.63) is 71.6 Å². The molecule has 120 valence electrons. The SMILES string of the molecule is O=C1C(c2nnc(-c3cc4ccccc4[nH]3)o2)=C(O)c2ccccc21. The molecular formula is C19H11N3O3. The first-order valence-corrected chi connectivity index (χ1v) is 7.72. The lowest BCUT2D eigenvalue weighted by Crippen LogP contribution is -1.98. The zero-order valence-electron chi connectivity index (χ0n) is 12.9. The number of carbonyl (C=O) groups is 1. The summed E-state index contributed by atoms with van der Waals surface area (Å²) in [7, 11) is 0. The summed E-state index contributed by atoms with van der Waals surface area (Å²) < 4.78 is 5.66. The quantitative estimate of drug-likeness (QED) is 0.583. The van der Waals surface area contributed by atoms with E-state index in [1.54, 1.807) is 24.3 Å². The Morgan fingerprint density at radius 1 is 0.920 bits per heavy atom. The molecule has 1 aliphatic carbocycles. The van der Waals surface area contributed by atoms with Crippen LogP contribution in [0.5, 0.6) is 0 Å². The van der Waals surface area contributed by atoms with Crippen LogP contribution in [0, 0.1) is 0 Å². The van der Waals surface area contributed by atoms with Crippen molar-refractivity contribution in [2.45, 2.75) is 0 Å². The van der Waals surface area contributed by atoms with Gasteiger partial charge in [0.15, 0.2) is 0 Å². The number of hydrogen-bond acceptors (Lipinski definition) is 5. The second-order valence-corrected chi connectivity index (χ2v) is 5.78. The second-order valence-electron chi connectivity index (χ2n) is 5.78. The zero-order valence-corrected chi connectivity index (χ0v) is 12.9. The number of Topliss-reactive ketones (excluding diaryl/α,β-unsaturated/α-hetero) is 1. The van der Waals surface area contributed by atoms with E-state index in [0.29, 0.717) is 16.8 Å². The molecule has 5 rings (SSSR count). The lowest BCUT2D eigenvalue weighted by molar-refractivity contribution is 0.105. The maximum Gasteiger partial charge on any atom is 0.264 e. The predicted molar refractivity (Wildman–Crippen MR) is 91.8 cm³/mol. The summed E-state index contributed by atoms with van der Waals surface area (Å²) >= 11 is 0. The van der Waals surface area contributed by atoms with E-state index >= 15 is 0 Å². The normalized spacial score (nSPS) is 13.7. The first kappa shape index (κ1) is 13.7. The number of aromatic nitrogens is 3. The van der Waals surface area contributed by atoms with E-state index in [1.807, 2.05) is 30.3 Å². The van der Waals surface area contributed by atoms with Crippen LogP contribution in [0.3, 0.4) is 0 Å². The molecule has 2 aromatic heterocycles. The number of aromatic amines is 1. The molecule has 2 N–H and O–H groups in total. The third kappa shape index (κ3) is 1.94. The van der Waals surface area contributed by atoms with E-state index < -0.39 is 0 Å². The van der Waals surface area contributed by atoms with Gasteiger partial charge in [0, 0.05) is 22.0 Å². The Bertz CT molecular complexity index is 1150. The van der Waals surface area contributed by atoms with Crippen LogP contribution < -0.4 is 0 Å². The monoisotopic (exact) mass is 329 g/mol. The van der Waals surface area contributed by atoms with Crippen LogP contribution in [0.1, 0.15) is 21.8 Å². The predicted octanol–water partition coefficient (Wildman–Crippen LogP) is 3.84. The Kier molecular flexibility index (Phi) is 2.70. The molecule has 2 heterocycles. The molecule has 0 saturated heterocycles. The fourth-order valence-corrected chi connectivity index (χ4v) is 3.08. The Morgan fingerprint density at radius 2 is 1.64 bits per heavy atom. The Balaban J connectivity index is 1.59. The number of allylic oxidation sites excluding steroid dienone is 1. The van der Waals surface area contributed by atoms with Crippen LogP contribution in [0.25, 0.3) is 33.8 Å². The number of carbonyl (C=O) groups excluding carboxylic acids is 1. The van der Waals surface area contributed by atoms with Gasteiger partial charge in [-0.2, -0.15) is 0 Å². The van der Waals surface area contributed by atoms with Gasteiger partial charge in [-0.05, 0) is 12.1 Å². The van der Waals surface area contributed by atoms with Gasteiger partial charge < -0.3 is 14.5 Å². The minimum atomic E-state index is -0.319. The van der Waals surface area contributed by atoms with Crippen molar-refractivity contribution >= 4 is 28.0 Å². The molecule has 25 heavy (non-hydrogen) atoms. The molecule has 0 atom stereocenters. The molecule has 0 fully saturated rings. The molecule has 1 aliphatic rings. The van der Waals surface area contributed by atoms with Crippen LogP contribution in [0.4, 0.5) is 0 Å². The zero-order chi connectivity index (χ0) is 17.0. The van der Waals surface area contributed by atoms with Gasteiger partial charge in [0.2, 0.25) is 5.78 Å². The standard InChI is InChI=1S/C19H11N3O3/c23-16-11-6-2-3-7-12(11)17(24)15(16)19-22-21-18(25-19)14-9-10-5-1-4-8-13(10)20-14/h1-9,20,23H. The summed E-state index contributed by atoms with van der Waals surface area (Å²) in [6.07, 6.45) is 0. The van der Waals surface area contributed by atoms with Crippen molar-refractivity contribution in [1.29, 1.82) is 0 Å². The third-order valence-corrected chi connectivity index (χ3v) is 4.29. The van der Waals surface area contributed by atoms with Gasteiger partial charge in [-0.15, -0.1) is 10.2 Å². The van der Waals surface area contributed by atoms with Gasteiger partial charge in [-0.3, -0.25) is 4.79 Å². The highest BCUT2D eigenvalue weighted by Crippen LogP contribution is 2.36. The van der Waals surface area contributed by atoms with Crippen molar-refractivity contribution < 1.29 is 14.3 Å². The molecule has 4 aromatic rings. The second kappa shape index (κ2) is 4.91. The molecule has 0 aliphatic heterocycles. The number of nitrogens with one attached hydrogen (secondary N) is 1. The van der Waals surface area contributed by atoms with Crippen LogP contribution in [-0.4, -0.2) is 26.1 Å². The molecule has 0 amide bonds. The highest BCUT2D eigenvalue weighted by Gasteiger charge is 2.34. The first-order chi connectivity index (χ1) is 12.2. The van der Waals surface area contributed by atoms with Gasteiger partial charge in [0.1, 0.15) is 17.0 Å². The van der Waals surface area contributed by atoms with Gasteiger partial charge in [-0.25, -0.2) is 0 Å². The molecule has 0 radical (unpaired) electrons. The van der Waals surface area contributed by atoms with Crippen LogP contribution in [0.15, 0.2) is 59.0 Å². The fraction of sp³-hybridized carbons (Fsp3) is 0. The minimum Gasteiger partial charge on any atom is -0.506 e. The van der Waals surface area contributed by atoms with Crippen LogP contribution in [0.2, 0.25) is 0 Å². The van der Waals surface area contributed by atoms with E-state index in [4.69, 9.17) is 4.42 Å². The maximum atomic E-state index is 12.5. The molecule has 0 spiro atoms. The molecule has 6 nitrogen and oxygen atoms in total. The summed E-state index contributed by atoms with van der Waals surface area (Å²) in [6.45, 7) is 0. The highest BCUT2D eigenvalue weighted by molar-refractivity contribution is 6.38. The van der Waals surface area contributed by atoms with Gasteiger partial charge in [-0.1, -0.05) is 42.5 Å². The lowest BCUT2D eigenvalue weighted by atomic mass is 10.1. The average Bonchev–Trinajstić information content (AvgIpc) is 3.32. The van der Waals surface area contributed by atoms with E-state index in [2.05, 4.69) is 15.2 Å². The number of H-pyrrole nitrogens is 1. The van der Waals surface area contributed by atoms with Crippen molar-refractivity contribution in [3.63, 3.8) is 0 Å². The summed E-state index contributed by atoms with van der Waals surface area (Å²) in [4.78, 5) is 15.7. The minimum absolute atomic E-state index is 0.00681. The number of aliphatic hydroxyl groups is 1. The van der Waals surface area contributed by atoms with Crippen molar-refractivity contribution in [2.75, 3.05) is 0 Å². The molecule has 0 unspecified atom stereocenters. The van der Waals surface area contributed by atoms with Crippen molar-refractivity contribution in [2.24, 2.45) is 0 Å². The number of nitrogens with zero attached hydrogens (tertiary/aromatic N) is 2. The van der Waals surface area contributed by atoms with Crippen molar-refractivity contribution in [1.82, 2.24) is 15.2 Å². The number of fused-ring (bicyclic) bond motifs is 2. The summed E-state index contributed by atoms with van der Waals surface area (Å²) in [5.74, 6) is -0.185. The Hall–Kier alpha value is -3.67. The van der Waals surface area contributed by atoms with E-state index in [9.17, 15) is 9.90 Å². The third-order valence-electron chi connectivity index (χ3n) is 4.29. The maximum absolute atomic E-state index is 12.5. The number of hydrogen-bond donors (Lipinski definition) is 2.